The van der Waals surface area contributed by atoms with E-state index in [1.54, 1.807) is 29.2 Å². The van der Waals surface area contributed by atoms with Gasteiger partial charge in [0.05, 0.1) is 5.69 Å². The molecule has 0 aliphatic carbocycles. The molecule has 2 aromatic carbocycles. The summed E-state index contributed by atoms with van der Waals surface area (Å²) in [6, 6.07) is 12.6. The Bertz CT molecular complexity index is 1080. The summed E-state index contributed by atoms with van der Waals surface area (Å²) in [5, 5.41) is 2.88. The number of benzene rings is 2. The van der Waals surface area contributed by atoms with Crippen molar-refractivity contribution < 1.29 is 19.1 Å². The molecule has 8 heteroatoms. The molecule has 1 saturated heterocycles. The number of nitrogens with one attached hydrogen (secondary N) is 1. The van der Waals surface area contributed by atoms with Crippen molar-refractivity contribution in [3.8, 4) is 0 Å². The van der Waals surface area contributed by atoms with Gasteiger partial charge in [0.2, 0.25) is 11.8 Å². The number of amides is 2. The Hall–Kier alpha value is -2.97. The molecule has 1 aliphatic heterocycles. The second-order valence-corrected chi connectivity index (χ2v) is 9.32. The summed E-state index contributed by atoms with van der Waals surface area (Å²) < 4.78 is 5.43. The first-order valence-electron chi connectivity index (χ1n) is 11.4. The second kappa shape index (κ2) is 11.9. The van der Waals surface area contributed by atoms with Crippen LogP contribution in [0.25, 0.3) is 0 Å². The molecule has 2 amide bonds. The van der Waals surface area contributed by atoms with Crippen molar-refractivity contribution in [1.29, 1.82) is 0 Å². The summed E-state index contributed by atoms with van der Waals surface area (Å²) in [6.45, 7) is 9.14. The lowest BCUT2D eigenvalue weighted by Gasteiger charge is -2.17. The molecule has 0 aromatic heterocycles. The van der Waals surface area contributed by atoms with Gasteiger partial charge < -0.3 is 10.1 Å². The van der Waals surface area contributed by atoms with E-state index in [0.717, 1.165) is 16.8 Å². The maximum atomic E-state index is 13.2. The molecule has 180 valence electrons. The van der Waals surface area contributed by atoms with Crippen molar-refractivity contribution in [2.24, 2.45) is 4.99 Å². The van der Waals surface area contributed by atoms with E-state index in [9.17, 15) is 14.4 Å². The fourth-order valence-corrected chi connectivity index (χ4v) is 4.71. The van der Waals surface area contributed by atoms with Gasteiger partial charge in [-0.15, -0.1) is 0 Å². The fourth-order valence-electron chi connectivity index (χ4n) is 3.53. The van der Waals surface area contributed by atoms with Crippen LogP contribution in [0.15, 0.2) is 47.5 Å². The molecule has 34 heavy (non-hydrogen) atoms. The highest BCUT2D eigenvalue weighted by Gasteiger charge is 2.39. The molecular weight excluding hydrogens is 450 g/mol. The number of hydrogen-bond acceptors (Lipinski definition) is 6. The molecule has 0 bridgehead atoms. The highest BCUT2D eigenvalue weighted by atomic mass is 32.2. The van der Waals surface area contributed by atoms with Gasteiger partial charge in [-0.3, -0.25) is 19.3 Å². The standard InChI is InChI=1S/C26H31N3O4S/c1-5-33-15-7-14-29-25(32)23(34-26(29)28-22-9-6-8-17(2)18(22)3)16-24(31)27-21-12-10-20(11-13-21)19(4)30/h6,8-13,23H,5,7,14-16H2,1-4H3,(H,27,31). The lowest BCUT2D eigenvalue weighted by atomic mass is 10.1. The summed E-state index contributed by atoms with van der Waals surface area (Å²) in [4.78, 5) is 43.8. The number of thioether (sulfide) groups is 1. The molecular formula is C26H31N3O4S. The molecule has 0 radical (unpaired) electrons. The van der Waals surface area contributed by atoms with Gasteiger partial charge in [-0.05, 0) is 75.6 Å². The zero-order valence-electron chi connectivity index (χ0n) is 20.1. The van der Waals surface area contributed by atoms with E-state index in [0.29, 0.717) is 42.6 Å². The first-order chi connectivity index (χ1) is 16.3. The van der Waals surface area contributed by atoms with E-state index in [1.165, 1.54) is 18.7 Å². The maximum Gasteiger partial charge on any atom is 0.242 e. The van der Waals surface area contributed by atoms with E-state index in [4.69, 9.17) is 9.73 Å². The van der Waals surface area contributed by atoms with Gasteiger partial charge in [-0.2, -0.15) is 0 Å². The first kappa shape index (κ1) is 25.6. The number of aliphatic imine (C=N–C) groups is 1. The molecule has 0 saturated carbocycles. The summed E-state index contributed by atoms with van der Waals surface area (Å²) in [6.07, 6.45) is 0.721. The Labute approximate surface area is 205 Å². The minimum Gasteiger partial charge on any atom is -0.382 e. The van der Waals surface area contributed by atoms with Crippen molar-refractivity contribution in [1.82, 2.24) is 4.90 Å². The number of nitrogens with zero attached hydrogens (tertiary/aromatic N) is 2. The third-order valence-electron chi connectivity index (χ3n) is 5.63. The van der Waals surface area contributed by atoms with E-state index < -0.39 is 5.25 Å². The number of ketones is 1. The quantitative estimate of drug-likeness (QED) is 0.385. The van der Waals surface area contributed by atoms with Gasteiger partial charge in [0, 0.05) is 37.4 Å². The number of carbonyl (C=O) groups excluding carboxylic acids is 3. The molecule has 7 nitrogen and oxygen atoms in total. The SMILES string of the molecule is CCOCCCN1C(=O)C(CC(=O)Nc2ccc(C(C)=O)cc2)SC1=Nc1cccc(C)c1C. The maximum absolute atomic E-state index is 13.2. The fraction of sp³-hybridized carbons (Fsp3) is 0.385. The highest BCUT2D eigenvalue weighted by molar-refractivity contribution is 8.15. The summed E-state index contributed by atoms with van der Waals surface area (Å²) >= 11 is 1.33. The number of ether oxygens (including phenoxy) is 1. The van der Waals surface area contributed by atoms with Crippen LogP contribution in [0.4, 0.5) is 11.4 Å². The largest absolute Gasteiger partial charge is 0.382 e. The van der Waals surface area contributed by atoms with Gasteiger partial charge in [-0.1, -0.05) is 23.9 Å². The zero-order valence-corrected chi connectivity index (χ0v) is 20.9. The Morgan fingerprint density at radius 1 is 1.15 bits per heavy atom. The molecule has 0 spiro atoms. The minimum atomic E-state index is -0.549. The number of rotatable bonds is 10. The lowest BCUT2D eigenvalue weighted by Crippen LogP contribution is -2.34. The minimum absolute atomic E-state index is 0.0335. The normalized spacial score (nSPS) is 16.8. The van der Waals surface area contributed by atoms with Crippen LogP contribution in [0.5, 0.6) is 0 Å². The van der Waals surface area contributed by atoms with Crippen molar-refractivity contribution in [2.75, 3.05) is 25.1 Å². The van der Waals surface area contributed by atoms with Crippen LogP contribution in [-0.2, 0) is 14.3 Å². The summed E-state index contributed by atoms with van der Waals surface area (Å²) in [7, 11) is 0. The predicted octanol–water partition coefficient (Wildman–Crippen LogP) is 4.89. The van der Waals surface area contributed by atoms with E-state index >= 15 is 0 Å². The Balaban J connectivity index is 1.73. The van der Waals surface area contributed by atoms with Crippen LogP contribution in [0.3, 0.4) is 0 Å². The van der Waals surface area contributed by atoms with Gasteiger partial charge in [0.25, 0.3) is 0 Å². The Morgan fingerprint density at radius 3 is 2.56 bits per heavy atom. The number of Topliss-reactive ketones (excluding diaryl/α,β-unsaturated/α-hetero) is 1. The van der Waals surface area contributed by atoms with E-state index in [-0.39, 0.29) is 24.0 Å². The number of anilines is 1. The molecule has 2 aromatic rings. The average molecular weight is 482 g/mol. The summed E-state index contributed by atoms with van der Waals surface area (Å²) in [5.41, 5.74) is 4.18. The van der Waals surface area contributed by atoms with E-state index in [2.05, 4.69) is 5.32 Å². The molecule has 1 fully saturated rings. The highest BCUT2D eigenvalue weighted by Crippen LogP contribution is 2.33. The van der Waals surface area contributed by atoms with Crippen molar-refractivity contribution in [3.05, 3.63) is 59.2 Å². The van der Waals surface area contributed by atoms with Gasteiger partial charge in [0.1, 0.15) is 5.25 Å². The first-order valence-corrected chi connectivity index (χ1v) is 12.3. The van der Waals surface area contributed by atoms with Crippen LogP contribution in [0.1, 0.15) is 48.2 Å². The van der Waals surface area contributed by atoms with E-state index in [1.807, 2.05) is 39.0 Å². The molecule has 1 unspecified atom stereocenters. The smallest absolute Gasteiger partial charge is 0.242 e. The van der Waals surface area contributed by atoms with Crippen LogP contribution < -0.4 is 5.32 Å². The Kier molecular flexibility index (Phi) is 9.01. The van der Waals surface area contributed by atoms with Gasteiger partial charge >= 0.3 is 0 Å². The van der Waals surface area contributed by atoms with Crippen molar-refractivity contribution >= 4 is 45.9 Å². The van der Waals surface area contributed by atoms with Crippen LogP contribution >= 0.6 is 11.8 Å². The van der Waals surface area contributed by atoms with Crippen LogP contribution in [-0.4, -0.2) is 52.7 Å². The Morgan fingerprint density at radius 2 is 1.88 bits per heavy atom. The average Bonchev–Trinajstić information content (AvgIpc) is 3.08. The number of hydrogen-bond donors (Lipinski definition) is 1. The second-order valence-electron chi connectivity index (χ2n) is 8.15. The summed E-state index contributed by atoms with van der Waals surface area (Å²) in [5.74, 6) is -0.415. The number of carbonyl (C=O) groups is 3. The lowest BCUT2D eigenvalue weighted by molar-refractivity contribution is -0.128. The predicted molar refractivity (Wildman–Crippen MR) is 137 cm³/mol. The third kappa shape index (κ3) is 6.55. The molecule has 3 rings (SSSR count). The molecule has 1 N–H and O–H groups in total. The third-order valence-corrected chi connectivity index (χ3v) is 6.81. The monoisotopic (exact) mass is 481 g/mol. The van der Waals surface area contributed by atoms with Gasteiger partial charge in [0.15, 0.2) is 11.0 Å². The zero-order chi connectivity index (χ0) is 24.7. The van der Waals surface area contributed by atoms with Crippen LogP contribution in [0.2, 0.25) is 0 Å². The van der Waals surface area contributed by atoms with Crippen molar-refractivity contribution in [3.63, 3.8) is 0 Å². The topological polar surface area (TPSA) is 88.1 Å². The number of amidine groups is 1. The van der Waals surface area contributed by atoms with Crippen molar-refractivity contribution in [2.45, 2.75) is 45.8 Å². The molecule has 1 heterocycles. The number of aryl methyl sites for hydroxylation is 1. The molecule has 1 aliphatic rings. The van der Waals surface area contributed by atoms with Gasteiger partial charge in [-0.25, -0.2) is 4.99 Å². The van der Waals surface area contributed by atoms with Crippen LogP contribution in [0, 0.1) is 13.8 Å². The molecule has 1 atom stereocenters.